The molecule has 1 aromatic heterocycles. The largest absolute Gasteiger partial charge is 0.394 e. The van der Waals surface area contributed by atoms with Gasteiger partial charge in [-0.1, -0.05) is 0 Å². The molecule has 3 atom stereocenters. The van der Waals surface area contributed by atoms with Gasteiger partial charge in [-0.3, -0.25) is 19.6 Å². The molecule has 7 N–H and O–H groups in total. The fraction of sp³-hybridized carbons (Fsp3) is 0.462. The summed E-state index contributed by atoms with van der Waals surface area (Å²) in [4.78, 5) is 38.3. The van der Waals surface area contributed by atoms with Crippen LogP contribution in [0.5, 0.6) is 0 Å². The van der Waals surface area contributed by atoms with Gasteiger partial charge in [0.1, 0.15) is 18.0 Å². The standard InChI is InChI=1S/C13H19N3O7/c1-6(18)2-3-7-11(15-13(23)16-12(7)22)14-4-8(19)10(21)9(20)5-17/h2-3,8-10,17,19-21H,4-5H2,1H3,(H3,14,15,16,22,23). The summed E-state index contributed by atoms with van der Waals surface area (Å²) in [5.74, 6) is -0.385. The van der Waals surface area contributed by atoms with Gasteiger partial charge in [0.25, 0.3) is 5.56 Å². The van der Waals surface area contributed by atoms with Crippen LogP contribution < -0.4 is 16.6 Å². The number of rotatable bonds is 8. The third-order valence-corrected chi connectivity index (χ3v) is 2.93. The van der Waals surface area contributed by atoms with Crippen LogP contribution in [0.1, 0.15) is 12.5 Å². The second kappa shape index (κ2) is 8.39. The van der Waals surface area contributed by atoms with Gasteiger partial charge in [-0.2, -0.15) is 0 Å². The Morgan fingerprint density at radius 1 is 1.22 bits per heavy atom. The van der Waals surface area contributed by atoms with Crippen molar-refractivity contribution in [3.8, 4) is 0 Å². The third-order valence-electron chi connectivity index (χ3n) is 2.93. The number of aromatic amines is 2. The molecule has 0 saturated carbocycles. The molecule has 10 nitrogen and oxygen atoms in total. The van der Waals surface area contributed by atoms with Crippen molar-refractivity contribution in [2.45, 2.75) is 25.2 Å². The van der Waals surface area contributed by atoms with Crippen LogP contribution in [0.3, 0.4) is 0 Å². The maximum atomic E-state index is 11.7. The Hall–Kier alpha value is -2.27. The maximum absolute atomic E-state index is 11.7. The first-order chi connectivity index (χ1) is 10.8. The predicted molar refractivity (Wildman–Crippen MR) is 81.0 cm³/mol. The number of aliphatic hydroxyl groups excluding tert-OH is 4. The zero-order chi connectivity index (χ0) is 17.6. The molecule has 10 heteroatoms. The summed E-state index contributed by atoms with van der Waals surface area (Å²) in [6.07, 6.45) is -2.34. The molecule has 0 aliphatic heterocycles. The molecule has 1 aromatic rings. The molecule has 23 heavy (non-hydrogen) atoms. The Kier molecular flexibility index (Phi) is 6.85. The van der Waals surface area contributed by atoms with Crippen molar-refractivity contribution in [3.05, 3.63) is 32.5 Å². The summed E-state index contributed by atoms with van der Waals surface area (Å²) in [5.41, 5.74) is -1.61. The van der Waals surface area contributed by atoms with Crippen LogP contribution in [-0.2, 0) is 4.79 Å². The average molecular weight is 329 g/mol. The lowest BCUT2D eigenvalue weighted by Crippen LogP contribution is -2.43. The highest BCUT2D eigenvalue weighted by atomic mass is 16.4. The number of aromatic nitrogens is 2. The molecule has 0 aliphatic carbocycles. The van der Waals surface area contributed by atoms with Crippen molar-refractivity contribution in [2.75, 3.05) is 18.5 Å². The van der Waals surface area contributed by atoms with Crippen LogP contribution in [0.4, 0.5) is 5.82 Å². The van der Waals surface area contributed by atoms with Gasteiger partial charge in [0.2, 0.25) is 0 Å². The lowest BCUT2D eigenvalue weighted by atomic mass is 10.1. The molecule has 0 aliphatic rings. The van der Waals surface area contributed by atoms with E-state index in [4.69, 9.17) is 5.11 Å². The summed E-state index contributed by atoms with van der Waals surface area (Å²) in [6, 6.07) is 0. The number of hydrogen-bond acceptors (Lipinski definition) is 8. The lowest BCUT2D eigenvalue weighted by molar-refractivity contribution is -0.112. The minimum Gasteiger partial charge on any atom is -0.394 e. The zero-order valence-electron chi connectivity index (χ0n) is 12.3. The van der Waals surface area contributed by atoms with Crippen molar-refractivity contribution < 1.29 is 25.2 Å². The molecule has 1 heterocycles. The number of aliphatic hydroxyl groups is 4. The summed E-state index contributed by atoms with van der Waals surface area (Å²) in [5, 5.41) is 39.7. The molecule has 1 rings (SSSR count). The highest BCUT2D eigenvalue weighted by molar-refractivity contribution is 5.92. The fourth-order valence-electron chi connectivity index (χ4n) is 1.69. The molecule has 0 radical (unpaired) electrons. The maximum Gasteiger partial charge on any atom is 0.327 e. The van der Waals surface area contributed by atoms with E-state index in [0.29, 0.717) is 0 Å². The monoisotopic (exact) mass is 329 g/mol. The second-order valence-electron chi connectivity index (χ2n) is 4.83. The van der Waals surface area contributed by atoms with Crippen LogP contribution in [0.25, 0.3) is 6.08 Å². The van der Waals surface area contributed by atoms with E-state index in [1.807, 2.05) is 4.98 Å². The SMILES string of the molecule is CC(=O)C=Cc1c(NCC(O)C(O)C(O)CO)[nH]c(=O)[nH]c1=O. The quantitative estimate of drug-likeness (QED) is 0.249. The van der Waals surface area contributed by atoms with E-state index in [0.717, 1.165) is 6.08 Å². The van der Waals surface area contributed by atoms with Gasteiger partial charge in [0, 0.05) is 6.54 Å². The van der Waals surface area contributed by atoms with Gasteiger partial charge in [-0.25, -0.2) is 4.79 Å². The first-order valence-corrected chi connectivity index (χ1v) is 6.70. The molecular formula is C13H19N3O7. The van der Waals surface area contributed by atoms with Crippen LogP contribution in [0.2, 0.25) is 0 Å². The van der Waals surface area contributed by atoms with E-state index in [2.05, 4.69) is 10.3 Å². The minimum atomic E-state index is -1.63. The van der Waals surface area contributed by atoms with E-state index in [1.54, 1.807) is 0 Å². The van der Waals surface area contributed by atoms with Gasteiger partial charge in [0.05, 0.1) is 18.3 Å². The molecule has 0 amide bonds. The number of carbonyl (C=O) groups is 1. The van der Waals surface area contributed by atoms with E-state index in [9.17, 15) is 29.7 Å². The van der Waals surface area contributed by atoms with E-state index >= 15 is 0 Å². The number of carbonyl (C=O) groups excluding carboxylic acids is 1. The Morgan fingerprint density at radius 2 is 1.87 bits per heavy atom. The molecule has 0 aromatic carbocycles. The Labute approximate surface area is 130 Å². The van der Waals surface area contributed by atoms with E-state index in [-0.39, 0.29) is 23.7 Å². The number of nitrogens with one attached hydrogen (secondary N) is 3. The summed E-state index contributed by atoms with van der Waals surface area (Å²) in [7, 11) is 0. The molecule has 0 bridgehead atoms. The molecule has 0 spiro atoms. The molecule has 0 fully saturated rings. The Balaban J connectivity index is 2.97. The molecule has 0 saturated heterocycles. The summed E-state index contributed by atoms with van der Waals surface area (Å²) >= 11 is 0. The molecule has 128 valence electrons. The topological polar surface area (TPSA) is 176 Å². The first kappa shape index (κ1) is 18.8. The lowest BCUT2D eigenvalue weighted by Gasteiger charge is -2.22. The average Bonchev–Trinajstić information content (AvgIpc) is 2.49. The van der Waals surface area contributed by atoms with Crippen LogP contribution in [0.15, 0.2) is 15.7 Å². The number of hydrogen-bond donors (Lipinski definition) is 7. The van der Waals surface area contributed by atoms with Crippen molar-refractivity contribution in [3.63, 3.8) is 0 Å². The molecular weight excluding hydrogens is 310 g/mol. The van der Waals surface area contributed by atoms with Crippen molar-refractivity contribution in [1.82, 2.24) is 9.97 Å². The number of H-pyrrole nitrogens is 2. The third kappa shape index (κ3) is 5.45. The Bertz CT molecular complexity index is 679. The summed E-state index contributed by atoms with van der Waals surface area (Å²) < 4.78 is 0. The highest BCUT2D eigenvalue weighted by Gasteiger charge is 2.24. The normalized spacial score (nSPS) is 15.3. The zero-order valence-corrected chi connectivity index (χ0v) is 12.3. The summed E-state index contributed by atoms with van der Waals surface area (Å²) in [6.45, 7) is 0.199. The number of anilines is 1. The van der Waals surface area contributed by atoms with Crippen molar-refractivity contribution in [2.24, 2.45) is 0 Å². The minimum absolute atomic E-state index is 0.0517. The predicted octanol–water partition coefficient (Wildman–Crippen LogP) is -2.85. The van der Waals surface area contributed by atoms with E-state index in [1.165, 1.54) is 13.0 Å². The van der Waals surface area contributed by atoms with Gasteiger partial charge in [0.15, 0.2) is 5.78 Å². The van der Waals surface area contributed by atoms with Crippen molar-refractivity contribution in [1.29, 1.82) is 0 Å². The second-order valence-corrected chi connectivity index (χ2v) is 4.83. The highest BCUT2D eigenvalue weighted by Crippen LogP contribution is 2.08. The smallest absolute Gasteiger partial charge is 0.327 e. The first-order valence-electron chi connectivity index (χ1n) is 6.70. The fourth-order valence-corrected chi connectivity index (χ4v) is 1.69. The van der Waals surface area contributed by atoms with Crippen LogP contribution in [-0.4, -0.2) is 67.6 Å². The van der Waals surface area contributed by atoms with Gasteiger partial charge < -0.3 is 25.7 Å². The van der Waals surface area contributed by atoms with Crippen molar-refractivity contribution >= 4 is 17.7 Å². The van der Waals surface area contributed by atoms with Crippen LogP contribution >= 0.6 is 0 Å². The molecule has 3 unspecified atom stereocenters. The van der Waals surface area contributed by atoms with Crippen LogP contribution in [0, 0.1) is 0 Å². The van der Waals surface area contributed by atoms with Gasteiger partial charge in [-0.05, 0) is 19.1 Å². The number of ketones is 1. The Morgan fingerprint density at radius 3 is 2.43 bits per heavy atom. The van der Waals surface area contributed by atoms with Gasteiger partial charge >= 0.3 is 5.69 Å². The van der Waals surface area contributed by atoms with E-state index < -0.39 is 36.2 Å². The van der Waals surface area contributed by atoms with Gasteiger partial charge in [-0.15, -0.1) is 0 Å². The number of allylic oxidation sites excluding steroid dienone is 1.